The molecule has 4 rings (SSSR count). The highest BCUT2D eigenvalue weighted by atomic mass is 16.5. The number of phenolic OH excluding ortho intramolecular Hbond substituents is 1. The van der Waals surface area contributed by atoms with Crippen LogP contribution < -0.4 is 9.64 Å². The lowest BCUT2D eigenvalue weighted by Crippen LogP contribution is -2.29. The van der Waals surface area contributed by atoms with Crippen molar-refractivity contribution in [1.29, 1.82) is 0 Å². The second-order valence-electron chi connectivity index (χ2n) is 8.72. The lowest BCUT2D eigenvalue weighted by molar-refractivity contribution is -0.132. The van der Waals surface area contributed by atoms with Gasteiger partial charge in [-0.1, -0.05) is 42.0 Å². The summed E-state index contributed by atoms with van der Waals surface area (Å²) >= 11 is 0. The summed E-state index contributed by atoms with van der Waals surface area (Å²) in [6.45, 7) is 7.62. The first-order valence-electron chi connectivity index (χ1n) is 11.1. The highest BCUT2D eigenvalue weighted by Crippen LogP contribution is 2.44. The maximum absolute atomic E-state index is 13.3. The largest absolute Gasteiger partial charge is 0.507 e. The van der Waals surface area contributed by atoms with Crippen LogP contribution in [-0.4, -0.2) is 28.0 Å². The predicted molar refractivity (Wildman–Crippen MR) is 131 cm³/mol. The van der Waals surface area contributed by atoms with Crippen LogP contribution in [0.5, 0.6) is 11.5 Å². The van der Waals surface area contributed by atoms with E-state index in [2.05, 4.69) is 0 Å². The molecule has 0 radical (unpaired) electrons. The fourth-order valence-electron chi connectivity index (χ4n) is 4.24. The number of aliphatic hydroxyl groups excluding tert-OH is 1. The van der Waals surface area contributed by atoms with Crippen molar-refractivity contribution >= 4 is 23.1 Å². The minimum Gasteiger partial charge on any atom is -0.507 e. The predicted octanol–water partition coefficient (Wildman–Crippen LogP) is 5.42. The first-order valence-corrected chi connectivity index (χ1v) is 11.1. The van der Waals surface area contributed by atoms with E-state index in [9.17, 15) is 19.8 Å². The summed E-state index contributed by atoms with van der Waals surface area (Å²) in [6, 6.07) is 18.0. The summed E-state index contributed by atoms with van der Waals surface area (Å²) in [7, 11) is 0. The normalized spacial score (nSPS) is 17.4. The lowest BCUT2D eigenvalue weighted by atomic mass is 9.93. The molecule has 1 fully saturated rings. The van der Waals surface area contributed by atoms with Gasteiger partial charge in [0.15, 0.2) is 0 Å². The number of Topliss-reactive ketones (excluding diaryl/α,β-unsaturated/α-hetero) is 1. The van der Waals surface area contributed by atoms with Gasteiger partial charge in [0.25, 0.3) is 11.7 Å². The van der Waals surface area contributed by atoms with E-state index in [1.165, 1.54) is 11.0 Å². The van der Waals surface area contributed by atoms with E-state index in [1.807, 2.05) is 45.9 Å². The maximum atomic E-state index is 13.3. The standard InChI is InChI=1S/C28H27NO5/c1-16(2)34-23-13-12-20(15-18(23)4)26(31)24-25(19-9-7-8-17(3)14-19)29(28(33)27(24)32)21-10-5-6-11-22(21)30/h5-16,25,30-31H,1-4H3/b26-24-. The molecule has 1 aliphatic rings. The van der Waals surface area contributed by atoms with Crippen molar-refractivity contribution < 1.29 is 24.5 Å². The van der Waals surface area contributed by atoms with Crippen LogP contribution in [0.3, 0.4) is 0 Å². The highest BCUT2D eigenvalue weighted by molar-refractivity contribution is 6.51. The summed E-state index contributed by atoms with van der Waals surface area (Å²) < 4.78 is 5.78. The SMILES string of the molecule is Cc1cccc(C2/C(=C(/O)c3ccc(OC(C)C)c(C)c3)C(=O)C(=O)N2c2ccccc2O)c1. The van der Waals surface area contributed by atoms with Crippen LogP contribution in [0.25, 0.3) is 5.76 Å². The molecule has 2 N–H and O–H groups in total. The summed E-state index contributed by atoms with van der Waals surface area (Å²) in [5.74, 6) is -1.36. The van der Waals surface area contributed by atoms with Crippen LogP contribution in [0, 0.1) is 13.8 Å². The molecule has 3 aromatic carbocycles. The summed E-state index contributed by atoms with van der Waals surface area (Å²) in [5, 5.41) is 21.8. The summed E-state index contributed by atoms with van der Waals surface area (Å²) in [4.78, 5) is 27.7. The van der Waals surface area contributed by atoms with Crippen LogP contribution >= 0.6 is 0 Å². The van der Waals surface area contributed by atoms with Crippen LogP contribution in [0.2, 0.25) is 0 Å². The zero-order chi connectivity index (χ0) is 24.6. The number of rotatable bonds is 5. The van der Waals surface area contributed by atoms with Crippen molar-refractivity contribution in [1.82, 2.24) is 0 Å². The molecule has 0 aromatic heterocycles. The number of ketones is 1. The number of amides is 1. The average molecular weight is 458 g/mol. The molecule has 0 saturated carbocycles. The van der Waals surface area contributed by atoms with Gasteiger partial charge < -0.3 is 14.9 Å². The number of hydrogen-bond donors (Lipinski definition) is 2. The Balaban J connectivity index is 1.92. The van der Waals surface area contributed by atoms with E-state index < -0.39 is 17.7 Å². The fraction of sp³-hybridized carbons (Fsp3) is 0.214. The van der Waals surface area contributed by atoms with Crippen LogP contribution in [0.15, 0.2) is 72.3 Å². The molecule has 3 aromatic rings. The van der Waals surface area contributed by atoms with E-state index in [-0.39, 0.29) is 28.9 Å². The van der Waals surface area contributed by atoms with Gasteiger partial charge in [0.1, 0.15) is 17.3 Å². The Bertz CT molecular complexity index is 1310. The van der Waals surface area contributed by atoms with Crippen molar-refractivity contribution in [2.75, 3.05) is 4.90 Å². The zero-order valence-corrected chi connectivity index (χ0v) is 19.6. The van der Waals surface area contributed by atoms with Gasteiger partial charge in [0, 0.05) is 5.56 Å². The van der Waals surface area contributed by atoms with Crippen molar-refractivity contribution in [3.63, 3.8) is 0 Å². The van der Waals surface area contributed by atoms with Crippen molar-refractivity contribution in [2.45, 2.75) is 39.8 Å². The Morgan fingerprint density at radius 3 is 2.35 bits per heavy atom. The van der Waals surface area contributed by atoms with Crippen LogP contribution in [-0.2, 0) is 9.59 Å². The number of carbonyl (C=O) groups excluding carboxylic acids is 2. The number of hydrogen-bond acceptors (Lipinski definition) is 5. The molecule has 1 saturated heterocycles. The van der Waals surface area contributed by atoms with E-state index >= 15 is 0 Å². The average Bonchev–Trinajstić information content (AvgIpc) is 3.05. The molecule has 0 spiro atoms. The monoisotopic (exact) mass is 457 g/mol. The molecule has 0 aliphatic carbocycles. The number of anilines is 1. The number of aryl methyl sites for hydroxylation is 2. The van der Waals surface area contributed by atoms with Crippen molar-refractivity contribution in [3.05, 3.63) is 94.6 Å². The fourth-order valence-corrected chi connectivity index (χ4v) is 4.24. The molecule has 6 heteroatoms. The van der Waals surface area contributed by atoms with Gasteiger partial charge in [0.2, 0.25) is 0 Å². The minimum atomic E-state index is -0.903. The van der Waals surface area contributed by atoms with Gasteiger partial charge in [-0.2, -0.15) is 0 Å². The number of para-hydroxylation sites is 2. The summed E-state index contributed by atoms with van der Waals surface area (Å²) in [6.07, 6.45) is -0.0108. The molecular formula is C28H27NO5. The molecule has 1 heterocycles. The van der Waals surface area contributed by atoms with Gasteiger partial charge in [-0.3, -0.25) is 14.5 Å². The zero-order valence-electron chi connectivity index (χ0n) is 19.6. The molecule has 1 aliphatic heterocycles. The molecule has 1 atom stereocenters. The number of aliphatic hydroxyl groups is 1. The Morgan fingerprint density at radius 2 is 1.71 bits per heavy atom. The van der Waals surface area contributed by atoms with Gasteiger partial charge in [-0.05, 0) is 69.2 Å². The van der Waals surface area contributed by atoms with E-state index in [0.717, 1.165) is 11.1 Å². The molecule has 34 heavy (non-hydrogen) atoms. The number of phenols is 1. The van der Waals surface area contributed by atoms with Crippen molar-refractivity contribution in [2.24, 2.45) is 0 Å². The molecular weight excluding hydrogens is 430 g/mol. The number of ether oxygens (including phenoxy) is 1. The summed E-state index contributed by atoms with van der Waals surface area (Å²) in [5.41, 5.74) is 2.95. The second-order valence-corrected chi connectivity index (χ2v) is 8.72. The molecule has 1 amide bonds. The van der Waals surface area contributed by atoms with Gasteiger partial charge in [0.05, 0.1) is 23.4 Å². The van der Waals surface area contributed by atoms with Crippen LogP contribution in [0.1, 0.15) is 42.1 Å². The molecule has 6 nitrogen and oxygen atoms in total. The van der Waals surface area contributed by atoms with Gasteiger partial charge in [-0.15, -0.1) is 0 Å². The third-order valence-corrected chi connectivity index (χ3v) is 5.75. The second kappa shape index (κ2) is 9.06. The van der Waals surface area contributed by atoms with Crippen LogP contribution in [0.4, 0.5) is 5.69 Å². The van der Waals surface area contributed by atoms with E-state index in [0.29, 0.717) is 16.9 Å². The minimum absolute atomic E-state index is 0.0108. The van der Waals surface area contributed by atoms with E-state index in [4.69, 9.17) is 4.74 Å². The number of benzene rings is 3. The lowest BCUT2D eigenvalue weighted by Gasteiger charge is -2.26. The van der Waals surface area contributed by atoms with Gasteiger partial charge in [-0.25, -0.2) is 0 Å². The maximum Gasteiger partial charge on any atom is 0.300 e. The first kappa shape index (κ1) is 23.1. The quantitative estimate of drug-likeness (QED) is 0.303. The molecule has 174 valence electrons. The van der Waals surface area contributed by atoms with Gasteiger partial charge >= 0.3 is 0 Å². The number of aromatic hydroxyl groups is 1. The Labute approximate surface area is 198 Å². The first-order chi connectivity index (χ1) is 16.2. The Hall–Kier alpha value is -4.06. The third kappa shape index (κ3) is 4.15. The highest BCUT2D eigenvalue weighted by Gasteiger charge is 2.47. The van der Waals surface area contributed by atoms with Crippen molar-refractivity contribution in [3.8, 4) is 11.5 Å². The number of carbonyl (C=O) groups is 2. The third-order valence-electron chi connectivity index (χ3n) is 5.75. The molecule has 1 unspecified atom stereocenters. The topological polar surface area (TPSA) is 87.1 Å². The van der Waals surface area contributed by atoms with E-state index in [1.54, 1.807) is 42.5 Å². The smallest absolute Gasteiger partial charge is 0.300 e. The number of nitrogens with zero attached hydrogens (tertiary/aromatic N) is 1. The Morgan fingerprint density at radius 1 is 0.971 bits per heavy atom. The Kier molecular flexibility index (Phi) is 6.16. The molecule has 0 bridgehead atoms.